The minimum Gasteiger partial charge on any atom is -0.395 e. The van der Waals surface area contributed by atoms with Gasteiger partial charge in [0.2, 0.25) is 11.8 Å². The predicted molar refractivity (Wildman–Crippen MR) is 83.8 cm³/mol. The standard InChI is InChI=1S/C15H18N2O4S/c18-8-6-16-13(20)12(10-11-4-2-1-3-5-11)14(21)17(7-9-19)15(16)22/h1-5,12,18-19H,6-10H2. The van der Waals surface area contributed by atoms with Gasteiger partial charge in [0.05, 0.1) is 26.3 Å². The van der Waals surface area contributed by atoms with E-state index in [1.807, 2.05) is 30.3 Å². The fraction of sp³-hybridized carbons (Fsp3) is 0.400. The van der Waals surface area contributed by atoms with Crippen LogP contribution in [0.4, 0.5) is 0 Å². The Morgan fingerprint density at radius 3 is 1.91 bits per heavy atom. The number of aliphatic hydroxyl groups excluding tert-OH is 2. The van der Waals surface area contributed by atoms with Crippen molar-refractivity contribution in [3.63, 3.8) is 0 Å². The summed E-state index contributed by atoms with van der Waals surface area (Å²) in [5.74, 6) is -1.68. The molecule has 1 saturated heterocycles. The fourth-order valence-corrected chi connectivity index (χ4v) is 2.81. The topological polar surface area (TPSA) is 81.1 Å². The molecule has 1 aliphatic rings. The van der Waals surface area contributed by atoms with E-state index in [-0.39, 0.29) is 37.8 Å². The van der Waals surface area contributed by atoms with E-state index in [4.69, 9.17) is 22.4 Å². The molecule has 0 saturated carbocycles. The molecule has 1 fully saturated rings. The summed E-state index contributed by atoms with van der Waals surface area (Å²) < 4.78 is 0. The number of aliphatic hydroxyl groups is 2. The molecule has 2 N–H and O–H groups in total. The summed E-state index contributed by atoms with van der Waals surface area (Å²) in [4.78, 5) is 27.5. The van der Waals surface area contributed by atoms with Crippen LogP contribution in [0, 0.1) is 5.92 Å². The van der Waals surface area contributed by atoms with E-state index in [0.29, 0.717) is 0 Å². The number of hydrogen-bond acceptors (Lipinski definition) is 5. The molecule has 1 aliphatic heterocycles. The van der Waals surface area contributed by atoms with Gasteiger partial charge in [-0.3, -0.25) is 19.4 Å². The lowest BCUT2D eigenvalue weighted by Gasteiger charge is -2.39. The maximum atomic E-state index is 12.5. The summed E-state index contributed by atoms with van der Waals surface area (Å²) in [6, 6.07) is 9.24. The molecule has 0 atom stereocenters. The molecule has 1 aromatic carbocycles. The average Bonchev–Trinajstić information content (AvgIpc) is 2.53. The maximum absolute atomic E-state index is 12.5. The van der Waals surface area contributed by atoms with Crippen LogP contribution in [0.2, 0.25) is 0 Å². The zero-order chi connectivity index (χ0) is 16.1. The van der Waals surface area contributed by atoms with Crippen molar-refractivity contribution in [1.82, 2.24) is 9.80 Å². The zero-order valence-corrected chi connectivity index (χ0v) is 12.8. The third-order valence-corrected chi connectivity index (χ3v) is 3.96. The summed E-state index contributed by atoms with van der Waals surface area (Å²) >= 11 is 5.14. The number of amides is 2. The molecule has 0 aromatic heterocycles. The Bertz CT molecular complexity index is 536. The Kier molecular flexibility index (Phi) is 5.59. The second-order valence-corrected chi connectivity index (χ2v) is 5.32. The summed E-state index contributed by atoms with van der Waals surface area (Å²) in [6.45, 7) is -0.410. The summed E-state index contributed by atoms with van der Waals surface area (Å²) in [5, 5.41) is 18.3. The van der Waals surface area contributed by atoms with Crippen molar-refractivity contribution in [2.75, 3.05) is 26.3 Å². The van der Waals surface area contributed by atoms with Crippen molar-refractivity contribution in [3.05, 3.63) is 35.9 Å². The fourth-order valence-electron chi connectivity index (χ4n) is 2.45. The first-order valence-corrected chi connectivity index (χ1v) is 7.43. The van der Waals surface area contributed by atoms with E-state index in [2.05, 4.69) is 0 Å². The van der Waals surface area contributed by atoms with E-state index < -0.39 is 17.7 Å². The number of rotatable bonds is 6. The van der Waals surface area contributed by atoms with Crippen LogP contribution >= 0.6 is 12.2 Å². The molecule has 0 spiro atoms. The van der Waals surface area contributed by atoms with Crippen LogP contribution < -0.4 is 0 Å². The summed E-state index contributed by atoms with van der Waals surface area (Å²) in [6.07, 6.45) is 0.269. The molecular formula is C15H18N2O4S. The van der Waals surface area contributed by atoms with Gasteiger partial charge in [-0.1, -0.05) is 30.3 Å². The highest BCUT2D eigenvalue weighted by atomic mass is 32.1. The van der Waals surface area contributed by atoms with Gasteiger partial charge in [0, 0.05) is 0 Å². The van der Waals surface area contributed by atoms with Crippen molar-refractivity contribution in [2.45, 2.75) is 6.42 Å². The molecule has 0 bridgehead atoms. The largest absolute Gasteiger partial charge is 0.395 e. The lowest BCUT2D eigenvalue weighted by atomic mass is 9.95. The molecule has 1 heterocycles. The normalized spacial score (nSPS) is 16.5. The molecule has 0 aliphatic carbocycles. The highest BCUT2D eigenvalue weighted by Gasteiger charge is 2.42. The van der Waals surface area contributed by atoms with E-state index in [1.54, 1.807) is 0 Å². The van der Waals surface area contributed by atoms with E-state index >= 15 is 0 Å². The molecule has 6 nitrogen and oxygen atoms in total. The molecule has 2 rings (SSSR count). The maximum Gasteiger partial charge on any atom is 0.241 e. The molecule has 2 amide bonds. The van der Waals surface area contributed by atoms with Crippen LogP contribution in [0.3, 0.4) is 0 Å². The monoisotopic (exact) mass is 322 g/mol. The number of β-amino-alcohol motifs (C(OH)–C–C–N with tert-alkyl or cyclic N) is 2. The number of thiocarbonyl (C=S) groups is 1. The van der Waals surface area contributed by atoms with Gasteiger partial charge in [0.15, 0.2) is 5.11 Å². The van der Waals surface area contributed by atoms with Gasteiger partial charge in [-0.05, 0) is 24.2 Å². The van der Waals surface area contributed by atoms with E-state index in [1.165, 1.54) is 9.80 Å². The molecule has 1 aromatic rings. The zero-order valence-electron chi connectivity index (χ0n) is 12.0. The summed E-state index contributed by atoms with van der Waals surface area (Å²) in [7, 11) is 0. The average molecular weight is 322 g/mol. The van der Waals surface area contributed by atoms with Crippen molar-refractivity contribution in [3.8, 4) is 0 Å². The van der Waals surface area contributed by atoms with Crippen molar-refractivity contribution in [2.24, 2.45) is 5.92 Å². The molecule has 118 valence electrons. The van der Waals surface area contributed by atoms with E-state index in [0.717, 1.165) is 5.56 Å². The highest BCUT2D eigenvalue weighted by molar-refractivity contribution is 7.80. The lowest BCUT2D eigenvalue weighted by molar-refractivity contribution is -0.147. The Hall–Kier alpha value is -1.83. The van der Waals surface area contributed by atoms with E-state index in [9.17, 15) is 9.59 Å². The quantitative estimate of drug-likeness (QED) is 0.559. The van der Waals surface area contributed by atoms with Crippen LogP contribution in [-0.4, -0.2) is 63.2 Å². The van der Waals surface area contributed by atoms with Gasteiger partial charge in [0.25, 0.3) is 0 Å². The Balaban J connectivity index is 2.27. The van der Waals surface area contributed by atoms with Crippen molar-refractivity contribution in [1.29, 1.82) is 0 Å². The number of benzene rings is 1. The van der Waals surface area contributed by atoms with Gasteiger partial charge in [0.1, 0.15) is 5.92 Å². The molecule has 22 heavy (non-hydrogen) atoms. The molecule has 7 heteroatoms. The van der Waals surface area contributed by atoms with Crippen LogP contribution in [-0.2, 0) is 16.0 Å². The number of nitrogens with zero attached hydrogens (tertiary/aromatic N) is 2. The Morgan fingerprint density at radius 2 is 1.45 bits per heavy atom. The van der Waals surface area contributed by atoms with Crippen molar-refractivity contribution < 1.29 is 19.8 Å². The van der Waals surface area contributed by atoms with Crippen LogP contribution in [0.5, 0.6) is 0 Å². The molecule has 0 unspecified atom stereocenters. The van der Waals surface area contributed by atoms with Crippen LogP contribution in [0.1, 0.15) is 5.56 Å². The van der Waals surface area contributed by atoms with Gasteiger partial charge in [-0.2, -0.15) is 0 Å². The first kappa shape index (κ1) is 16.5. The first-order valence-electron chi connectivity index (χ1n) is 7.02. The predicted octanol–water partition coefficient (Wildman–Crippen LogP) is -0.214. The lowest BCUT2D eigenvalue weighted by Crippen LogP contribution is -2.61. The number of carbonyl (C=O) groups excluding carboxylic acids is 2. The SMILES string of the molecule is O=C1C(Cc2ccccc2)C(=O)N(CCO)C(=S)N1CCO. The smallest absolute Gasteiger partial charge is 0.241 e. The molecular weight excluding hydrogens is 304 g/mol. The van der Waals surface area contributed by atoms with Crippen molar-refractivity contribution >= 4 is 29.1 Å². The third kappa shape index (κ3) is 3.32. The third-order valence-electron chi connectivity index (χ3n) is 3.52. The van der Waals surface area contributed by atoms with Crippen LogP contribution in [0.25, 0.3) is 0 Å². The van der Waals surface area contributed by atoms with Gasteiger partial charge >= 0.3 is 0 Å². The molecule has 0 radical (unpaired) electrons. The highest BCUT2D eigenvalue weighted by Crippen LogP contribution is 2.21. The second kappa shape index (κ2) is 7.44. The number of carbonyl (C=O) groups is 2. The van der Waals surface area contributed by atoms with Gasteiger partial charge in [-0.25, -0.2) is 0 Å². The minimum atomic E-state index is -0.882. The Labute approximate surface area is 134 Å². The second-order valence-electron chi connectivity index (χ2n) is 4.95. The number of hydrogen-bond donors (Lipinski definition) is 2. The first-order chi connectivity index (χ1) is 10.6. The summed E-state index contributed by atoms with van der Waals surface area (Å²) in [5.41, 5.74) is 0.870. The minimum absolute atomic E-state index is 0.0398. The van der Waals surface area contributed by atoms with Gasteiger partial charge in [-0.15, -0.1) is 0 Å². The van der Waals surface area contributed by atoms with Crippen LogP contribution in [0.15, 0.2) is 30.3 Å². The van der Waals surface area contributed by atoms with Gasteiger partial charge < -0.3 is 10.2 Å². The Morgan fingerprint density at radius 1 is 0.955 bits per heavy atom.